The Morgan fingerprint density at radius 1 is 0.955 bits per heavy atom. The molecule has 0 saturated carbocycles. The van der Waals surface area contributed by atoms with Crippen molar-refractivity contribution in [2.24, 2.45) is 0 Å². The molecule has 0 unspecified atom stereocenters. The van der Waals surface area contributed by atoms with Gasteiger partial charge in [0.15, 0.2) is 0 Å². The van der Waals surface area contributed by atoms with Crippen molar-refractivity contribution in [1.29, 1.82) is 0 Å². The van der Waals surface area contributed by atoms with Gasteiger partial charge in [0.1, 0.15) is 18.2 Å². The number of rotatable bonds is 4. The predicted octanol–water partition coefficient (Wildman–Crippen LogP) is 2.89. The number of aromatic nitrogens is 2. The van der Waals surface area contributed by atoms with Crippen molar-refractivity contribution < 1.29 is 4.74 Å². The molecule has 0 aliphatic heterocycles. The lowest BCUT2D eigenvalue weighted by Crippen LogP contribution is -2.01. The smallest absolute Gasteiger partial charge is 0.221 e. The minimum Gasteiger partial charge on any atom is -0.489 e. The third-order valence-electron chi connectivity index (χ3n) is 3.23. The SMILES string of the molecule is Nc1ncc(-c2cccc(OCc3ccccc3)c2)c(N)n1. The molecule has 0 atom stereocenters. The largest absolute Gasteiger partial charge is 0.489 e. The summed E-state index contributed by atoms with van der Waals surface area (Å²) in [4.78, 5) is 7.96. The molecule has 4 N–H and O–H groups in total. The highest BCUT2D eigenvalue weighted by atomic mass is 16.5. The fraction of sp³-hybridized carbons (Fsp3) is 0.0588. The number of nitrogen functional groups attached to an aromatic ring is 2. The second-order valence-electron chi connectivity index (χ2n) is 4.83. The van der Waals surface area contributed by atoms with Gasteiger partial charge in [0.05, 0.1) is 0 Å². The summed E-state index contributed by atoms with van der Waals surface area (Å²) in [7, 11) is 0. The molecule has 22 heavy (non-hydrogen) atoms. The van der Waals surface area contributed by atoms with Crippen LogP contribution in [-0.2, 0) is 6.61 Å². The molecule has 0 aliphatic rings. The molecule has 1 heterocycles. The first-order valence-corrected chi connectivity index (χ1v) is 6.87. The fourth-order valence-electron chi connectivity index (χ4n) is 2.13. The Kier molecular flexibility index (Phi) is 3.87. The molecular formula is C17H16N4O. The molecule has 0 radical (unpaired) electrons. The van der Waals surface area contributed by atoms with Gasteiger partial charge in [0.25, 0.3) is 0 Å². The summed E-state index contributed by atoms with van der Waals surface area (Å²) in [6.45, 7) is 0.512. The molecule has 0 fully saturated rings. The van der Waals surface area contributed by atoms with Gasteiger partial charge < -0.3 is 16.2 Å². The Hall–Kier alpha value is -3.08. The van der Waals surface area contributed by atoms with E-state index >= 15 is 0 Å². The van der Waals surface area contributed by atoms with Crippen molar-refractivity contribution in [3.63, 3.8) is 0 Å². The highest BCUT2D eigenvalue weighted by Gasteiger charge is 2.06. The van der Waals surface area contributed by atoms with Crippen molar-refractivity contribution in [3.8, 4) is 16.9 Å². The number of nitrogens with two attached hydrogens (primary N) is 2. The second-order valence-corrected chi connectivity index (χ2v) is 4.83. The number of hydrogen-bond acceptors (Lipinski definition) is 5. The molecule has 5 nitrogen and oxygen atoms in total. The van der Waals surface area contributed by atoms with Crippen LogP contribution in [0.15, 0.2) is 60.8 Å². The first-order valence-electron chi connectivity index (χ1n) is 6.87. The highest BCUT2D eigenvalue weighted by molar-refractivity contribution is 5.74. The molecular weight excluding hydrogens is 276 g/mol. The average molecular weight is 292 g/mol. The molecule has 110 valence electrons. The maximum Gasteiger partial charge on any atom is 0.221 e. The topological polar surface area (TPSA) is 87.0 Å². The summed E-state index contributed by atoms with van der Waals surface area (Å²) >= 11 is 0. The molecule has 0 bridgehead atoms. The van der Waals surface area contributed by atoms with Crippen LogP contribution in [0, 0.1) is 0 Å². The van der Waals surface area contributed by atoms with Crippen LogP contribution in [0.1, 0.15) is 5.56 Å². The standard InChI is InChI=1S/C17H16N4O/c18-16-15(10-20-17(19)21-16)13-7-4-8-14(9-13)22-11-12-5-2-1-3-6-12/h1-10H,11H2,(H4,18,19,20,21). The maximum absolute atomic E-state index is 5.90. The molecule has 3 aromatic rings. The van der Waals surface area contributed by atoms with Crippen LogP contribution >= 0.6 is 0 Å². The van der Waals surface area contributed by atoms with Gasteiger partial charge in [0, 0.05) is 11.8 Å². The zero-order chi connectivity index (χ0) is 15.4. The second kappa shape index (κ2) is 6.13. The van der Waals surface area contributed by atoms with E-state index in [2.05, 4.69) is 9.97 Å². The minimum absolute atomic E-state index is 0.165. The Morgan fingerprint density at radius 3 is 2.55 bits per heavy atom. The van der Waals surface area contributed by atoms with Crippen LogP contribution in [0.2, 0.25) is 0 Å². The Balaban J connectivity index is 1.80. The van der Waals surface area contributed by atoms with Gasteiger partial charge in [-0.25, -0.2) is 4.98 Å². The van der Waals surface area contributed by atoms with E-state index in [0.717, 1.165) is 22.4 Å². The van der Waals surface area contributed by atoms with Gasteiger partial charge in [-0.15, -0.1) is 0 Å². The van der Waals surface area contributed by atoms with Crippen molar-refractivity contribution in [2.75, 3.05) is 11.5 Å². The average Bonchev–Trinajstić information content (AvgIpc) is 2.54. The Bertz CT molecular complexity index is 775. The normalized spacial score (nSPS) is 10.4. The van der Waals surface area contributed by atoms with Gasteiger partial charge in [-0.05, 0) is 23.3 Å². The zero-order valence-electron chi connectivity index (χ0n) is 11.9. The number of ether oxygens (including phenoxy) is 1. The van der Waals surface area contributed by atoms with Gasteiger partial charge in [-0.2, -0.15) is 4.98 Å². The molecule has 1 aromatic heterocycles. The van der Waals surface area contributed by atoms with E-state index in [1.807, 2.05) is 54.6 Å². The van der Waals surface area contributed by atoms with E-state index in [4.69, 9.17) is 16.2 Å². The van der Waals surface area contributed by atoms with E-state index in [1.54, 1.807) is 6.20 Å². The first-order chi connectivity index (χ1) is 10.7. The quantitative estimate of drug-likeness (QED) is 0.772. The monoisotopic (exact) mass is 292 g/mol. The first kappa shape index (κ1) is 13.9. The van der Waals surface area contributed by atoms with Crippen LogP contribution in [0.4, 0.5) is 11.8 Å². The molecule has 2 aromatic carbocycles. The number of benzene rings is 2. The molecule has 3 rings (SSSR count). The summed E-state index contributed by atoms with van der Waals surface area (Å²) in [6, 6.07) is 17.7. The molecule has 0 saturated heterocycles. The summed E-state index contributed by atoms with van der Waals surface area (Å²) in [5, 5.41) is 0. The summed E-state index contributed by atoms with van der Waals surface area (Å²) < 4.78 is 5.81. The van der Waals surface area contributed by atoms with Crippen molar-refractivity contribution in [1.82, 2.24) is 9.97 Å². The van der Waals surface area contributed by atoms with Crippen molar-refractivity contribution in [2.45, 2.75) is 6.61 Å². The van der Waals surface area contributed by atoms with Crippen LogP contribution < -0.4 is 16.2 Å². The van der Waals surface area contributed by atoms with E-state index in [-0.39, 0.29) is 5.95 Å². The summed E-state index contributed by atoms with van der Waals surface area (Å²) in [5.41, 5.74) is 14.2. The number of hydrogen-bond donors (Lipinski definition) is 2. The molecule has 0 spiro atoms. The van der Waals surface area contributed by atoms with Crippen LogP contribution in [-0.4, -0.2) is 9.97 Å². The zero-order valence-corrected chi connectivity index (χ0v) is 11.9. The van der Waals surface area contributed by atoms with Crippen molar-refractivity contribution in [3.05, 3.63) is 66.4 Å². The summed E-state index contributed by atoms with van der Waals surface area (Å²) in [5.74, 6) is 1.28. The van der Waals surface area contributed by atoms with Crippen LogP contribution in [0.5, 0.6) is 5.75 Å². The lowest BCUT2D eigenvalue weighted by Gasteiger charge is -2.09. The third-order valence-corrected chi connectivity index (χ3v) is 3.23. The number of anilines is 2. The third kappa shape index (κ3) is 3.15. The molecule has 5 heteroatoms. The maximum atomic E-state index is 5.90. The van der Waals surface area contributed by atoms with Gasteiger partial charge >= 0.3 is 0 Å². The summed E-state index contributed by atoms with van der Waals surface area (Å²) in [6.07, 6.45) is 1.62. The van der Waals surface area contributed by atoms with Gasteiger partial charge in [-0.3, -0.25) is 0 Å². The van der Waals surface area contributed by atoms with Gasteiger partial charge in [0.2, 0.25) is 5.95 Å². The van der Waals surface area contributed by atoms with Crippen LogP contribution in [0.25, 0.3) is 11.1 Å². The van der Waals surface area contributed by atoms with Crippen LogP contribution in [0.3, 0.4) is 0 Å². The minimum atomic E-state index is 0.165. The highest BCUT2D eigenvalue weighted by Crippen LogP contribution is 2.27. The van der Waals surface area contributed by atoms with E-state index in [0.29, 0.717) is 12.4 Å². The molecule has 0 aliphatic carbocycles. The lowest BCUT2D eigenvalue weighted by atomic mass is 10.1. The number of nitrogens with zero attached hydrogens (tertiary/aromatic N) is 2. The van der Waals surface area contributed by atoms with Gasteiger partial charge in [-0.1, -0.05) is 42.5 Å². The molecule has 0 amide bonds. The van der Waals surface area contributed by atoms with E-state index < -0.39 is 0 Å². The predicted molar refractivity (Wildman–Crippen MR) is 87.1 cm³/mol. The van der Waals surface area contributed by atoms with E-state index in [1.165, 1.54) is 0 Å². The Morgan fingerprint density at radius 2 is 1.77 bits per heavy atom. The lowest BCUT2D eigenvalue weighted by molar-refractivity contribution is 0.306. The fourth-order valence-corrected chi connectivity index (χ4v) is 2.13. The Labute approximate surface area is 128 Å². The van der Waals surface area contributed by atoms with Crippen molar-refractivity contribution >= 4 is 11.8 Å². The van der Waals surface area contributed by atoms with E-state index in [9.17, 15) is 0 Å².